The van der Waals surface area contributed by atoms with Crippen molar-refractivity contribution in [3.63, 3.8) is 0 Å². The number of methoxy groups -OCH3 is 1. The number of ether oxygens (including phenoxy) is 1. The Labute approximate surface area is 131 Å². The summed E-state index contributed by atoms with van der Waals surface area (Å²) in [6.07, 6.45) is 0.425. The number of rotatable bonds is 3. The Hall–Kier alpha value is -0.680. The van der Waals surface area contributed by atoms with E-state index in [1.807, 2.05) is 11.8 Å². The molecule has 1 aliphatic heterocycles. The number of fused-ring (bicyclic) bond motifs is 1. The van der Waals surface area contributed by atoms with Gasteiger partial charge in [-0.1, -0.05) is 11.6 Å². The Morgan fingerprint density at radius 3 is 2.95 bits per heavy atom. The molecule has 1 aromatic heterocycles. The second-order valence-electron chi connectivity index (χ2n) is 4.69. The predicted octanol–water partition coefficient (Wildman–Crippen LogP) is 4.28. The fourth-order valence-electron chi connectivity index (χ4n) is 2.38. The van der Waals surface area contributed by atoms with Crippen LogP contribution in [0.5, 0.6) is 5.75 Å². The molecule has 3 rings (SSSR count). The zero-order valence-electron chi connectivity index (χ0n) is 11.1. The van der Waals surface area contributed by atoms with Crippen LogP contribution in [0.3, 0.4) is 0 Å². The van der Waals surface area contributed by atoms with E-state index in [2.05, 4.69) is 6.07 Å². The Balaban J connectivity index is 1.97. The number of benzene rings is 1. The average molecular weight is 327 g/mol. The standard InChI is InChI=1S/C15H15ClO2S2/c1-18-12-3-2-10(16)7-11(12)15(17)14-6-9-8-19-5-4-13(9)20-14/h2-3,6-7,15,17H,4-5,8H2,1H3. The van der Waals surface area contributed by atoms with Gasteiger partial charge >= 0.3 is 0 Å². The van der Waals surface area contributed by atoms with Gasteiger partial charge in [-0.15, -0.1) is 11.3 Å². The van der Waals surface area contributed by atoms with E-state index in [0.29, 0.717) is 10.8 Å². The van der Waals surface area contributed by atoms with Gasteiger partial charge in [-0.25, -0.2) is 0 Å². The van der Waals surface area contributed by atoms with E-state index in [0.717, 1.165) is 22.6 Å². The first-order valence-corrected chi connectivity index (χ1v) is 8.74. The molecule has 0 spiro atoms. The van der Waals surface area contributed by atoms with Gasteiger partial charge in [0.2, 0.25) is 0 Å². The summed E-state index contributed by atoms with van der Waals surface area (Å²) in [5.41, 5.74) is 2.09. The van der Waals surface area contributed by atoms with Crippen molar-refractivity contribution in [3.8, 4) is 5.75 Å². The van der Waals surface area contributed by atoms with Gasteiger partial charge < -0.3 is 9.84 Å². The molecule has 1 aromatic carbocycles. The highest BCUT2D eigenvalue weighted by atomic mass is 35.5. The summed E-state index contributed by atoms with van der Waals surface area (Å²) in [5.74, 6) is 2.89. The van der Waals surface area contributed by atoms with Crippen LogP contribution in [0.1, 0.15) is 27.0 Å². The van der Waals surface area contributed by atoms with Gasteiger partial charge in [-0.2, -0.15) is 11.8 Å². The second-order valence-corrected chi connectivity index (χ2v) is 7.40. The molecule has 0 saturated heterocycles. The molecule has 1 aliphatic rings. The molecular formula is C15H15ClO2S2. The van der Waals surface area contributed by atoms with Crippen LogP contribution in [0, 0.1) is 0 Å². The minimum atomic E-state index is -0.677. The fourth-order valence-corrected chi connectivity index (χ4v) is 4.94. The van der Waals surface area contributed by atoms with E-state index >= 15 is 0 Å². The second kappa shape index (κ2) is 5.98. The van der Waals surface area contributed by atoms with Crippen LogP contribution in [0.2, 0.25) is 5.02 Å². The molecule has 5 heteroatoms. The summed E-state index contributed by atoms with van der Waals surface area (Å²) in [5, 5.41) is 11.3. The fraction of sp³-hybridized carbons (Fsp3) is 0.333. The molecule has 20 heavy (non-hydrogen) atoms. The van der Waals surface area contributed by atoms with Crippen LogP contribution in [0.4, 0.5) is 0 Å². The molecule has 1 atom stereocenters. The summed E-state index contributed by atoms with van der Waals surface area (Å²) in [7, 11) is 1.61. The number of aryl methyl sites for hydroxylation is 1. The Kier molecular flexibility index (Phi) is 4.26. The van der Waals surface area contributed by atoms with E-state index in [1.54, 1.807) is 36.6 Å². The number of aliphatic hydroxyl groups excluding tert-OH is 1. The molecule has 0 bridgehead atoms. The van der Waals surface area contributed by atoms with Crippen LogP contribution in [0.15, 0.2) is 24.3 Å². The molecule has 2 heterocycles. The van der Waals surface area contributed by atoms with E-state index in [9.17, 15) is 5.11 Å². The van der Waals surface area contributed by atoms with Gasteiger partial charge in [0.05, 0.1) is 7.11 Å². The molecule has 106 valence electrons. The van der Waals surface area contributed by atoms with Gasteiger partial charge in [0.15, 0.2) is 0 Å². The molecule has 0 amide bonds. The smallest absolute Gasteiger partial charge is 0.125 e. The normalized spacial score (nSPS) is 15.8. The predicted molar refractivity (Wildman–Crippen MR) is 86.3 cm³/mol. The van der Waals surface area contributed by atoms with Gasteiger partial charge in [-0.3, -0.25) is 0 Å². The maximum absolute atomic E-state index is 10.6. The van der Waals surface area contributed by atoms with Gasteiger partial charge in [-0.05, 0) is 42.0 Å². The molecule has 1 N–H and O–H groups in total. The first-order valence-electron chi connectivity index (χ1n) is 6.39. The van der Waals surface area contributed by atoms with Crippen LogP contribution >= 0.6 is 34.7 Å². The topological polar surface area (TPSA) is 29.5 Å². The van der Waals surface area contributed by atoms with Crippen LogP contribution in [0.25, 0.3) is 0 Å². The number of thioether (sulfide) groups is 1. The molecule has 0 radical (unpaired) electrons. The third kappa shape index (κ3) is 2.70. The lowest BCUT2D eigenvalue weighted by molar-refractivity contribution is 0.218. The summed E-state index contributed by atoms with van der Waals surface area (Å²) in [4.78, 5) is 2.37. The lowest BCUT2D eigenvalue weighted by Crippen LogP contribution is -2.00. The first-order chi connectivity index (χ1) is 9.69. The minimum absolute atomic E-state index is 0.608. The van der Waals surface area contributed by atoms with Crippen LogP contribution < -0.4 is 4.74 Å². The molecule has 1 unspecified atom stereocenters. The maximum atomic E-state index is 10.6. The highest BCUT2D eigenvalue weighted by Gasteiger charge is 2.21. The molecular weight excluding hydrogens is 312 g/mol. The Morgan fingerprint density at radius 2 is 2.20 bits per heavy atom. The molecule has 0 aliphatic carbocycles. The van der Waals surface area contributed by atoms with Crippen molar-refractivity contribution in [2.45, 2.75) is 18.3 Å². The van der Waals surface area contributed by atoms with Crippen molar-refractivity contribution >= 4 is 34.7 Å². The van der Waals surface area contributed by atoms with Gasteiger partial charge in [0, 0.05) is 26.1 Å². The average Bonchev–Trinajstić information content (AvgIpc) is 2.90. The summed E-state index contributed by atoms with van der Waals surface area (Å²) < 4.78 is 5.33. The van der Waals surface area contributed by atoms with E-state index < -0.39 is 6.10 Å². The Bertz CT molecular complexity index is 601. The zero-order chi connectivity index (χ0) is 14.1. The lowest BCUT2D eigenvalue weighted by atomic mass is 10.1. The third-order valence-electron chi connectivity index (χ3n) is 3.40. The number of hydrogen-bond donors (Lipinski definition) is 1. The highest BCUT2D eigenvalue weighted by Crippen LogP contribution is 2.39. The monoisotopic (exact) mass is 326 g/mol. The molecule has 2 nitrogen and oxygen atoms in total. The van der Waals surface area contributed by atoms with Crippen molar-refractivity contribution in [1.29, 1.82) is 0 Å². The molecule has 0 fully saturated rings. The van der Waals surface area contributed by atoms with Crippen molar-refractivity contribution in [3.05, 3.63) is 50.2 Å². The van der Waals surface area contributed by atoms with Crippen molar-refractivity contribution in [2.24, 2.45) is 0 Å². The summed E-state index contributed by atoms with van der Waals surface area (Å²) in [6, 6.07) is 7.46. The summed E-state index contributed by atoms with van der Waals surface area (Å²) in [6.45, 7) is 0. The van der Waals surface area contributed by atoms with Crippen LogP contribution in [-0.2, 0) is 12.2 Å². The van der Waals surface area contributed by atoms with Crippen molar-refractivity contribution in [1.82, 2.24) is 0 Å². The minimum Gasteiger partial charge on any atom is -0.496 e. The lowest BCUT2D eigenvalue weighted by Gasteiger charge is -2.13. The number of hydrogen-bond acceptors (Lipinski definition) is 4. The van der Waals surface area contributed by atoms with Crippen molar-refractivity contribution < 1.29 is 9.84 Å². The summed E-state index contributed by atoms with van der Waals surface area (Å²) >= 11 is 9.69. The quantitative estimate of drug-likeness (QED) is 0.912. The highest BCUT2D eigenvalue weighted by molar-refractivity contribution is 7.98. The van der Waals surface area contributed by atoms with E-state index in [-0.39, 0.29) is 0 Å². The van der Waals surface area contributed by atoms with E-state index in [1.165, 1.54) is 16.2 Å². The van der Waals surface area contributed by atoms with Crippen LogP contribution in [-0.4, -0.2) is 18.0 Å². The largest absolute Gasteiger partial charge is 0.496 e. The van der Waals surface area contributed by atoms with Gasteiger partial charge in [0.25, 0.3) is 0 Å². The number of halogens is 1. The molecule has 0 saturated carbocycles. The van der Waals surface area contributed by atoms with E-state index in [4.69, 9.17) is 16.3 Å². The van der Waals surface area contributed by atoms with Crippen molar-refractivity contribution in [2.75, 3.05) is 12.9 Å². The van der Waals surface area contributed by atoms with Gasteiger partial charge in [0.1, 0.15) is 11.9 Å². The molecule has 2 aromatic rings. The Morgan fingerprint density at radius 1 is 1.35 bits per heavy atom. The first kappa shape index (κ1) is 14.3. The number of thiophene rings is 1. The zero-order valence-corrected chi connectivity index (χ0v) is 13.4. The maximum Gasteiger partial charge on any atom is 0.125 e. The SMILES string of the molecule is COc1ccc(Cl)cc1C(O)c1cc2c(s1)CCSC2. The number of aliphatic hydroxyl groups is 1. The third-order valence-corrected chi connectivity index (χ3v) is 5.94.